The standard InChI is InChI=1S/C32H8F9N11/c33-30(34,35)15-3-1-13(2-4-15)25-50-27(16-5-6-21-24(17(16)11-44)49-26(46-21)14(9-42)10-43)52-29(51-25)18(12-45)28-47-22-7-19(31(36,37)38)20(32(39,40)41)8-23(22)48-28/h1-8H. The van der Waals surface area contributed by atoms with Gasteiger partial charge in [0.25, 0.3) is 0 Å². The van der Waals surface area contributed by atoms with Crippen molar-refractivity contribution in [2.45, 2.75) is 18.5 Å². The zero-order chi connectivity index (χ0) is 37.7. The van der Waals surface area contributed by atoms with Crippen molar-refractivity contribution >= 4 is 5.57 Å². The number of aromatic nitrogens is 3. The number of alkyl halides is 9. The highest BCUT2D eigenvalue weighted by Crippen LogP contribution is 2.39. The summed E-state index contributed by atoms with van der Waals surface area (Å²) in [6.45, 7) is 0. The van der Waals surface area contributed by atoms with Crippen LogP contribution >= 0.6 is 0 Å². The SMILES string of the molecule is N#CC(C#N)=C1N=c2ccc(-c3nc(C(C#N)=C4N=c5cc(C(F)(F)F)c(C(F)(F)F)cc5=N4)nc(-c4ccc(C(F)(F)F)cc4)n3)c(C#N)c2=N1. The molecule has 0 amide bonds. The Bertz CT molecular complexity index is 2660. The highest BCUT2D eigenvalue weighted by Gasteiger charge is 2.43. The molecule has 1 aromatic heterocycles. The average molecular weight is 717 g/mol. The fraction of sp³-hybridized carbons (Fsp3) is 0.0938. The molecule has 0 N–H and O–H groups in total. The lowest BCUT2D eigenvalue weighted by Gasteiger charge is -2.14. The first-order valence-corrected chi connectivity index (χ1v) is 13.9. The number of benzene rings is 3. The van der Waals surface area contributed by atoms with E-state index in [1.807, 2.05) is 6.07 Å². The first-order chi connectivity index (χ1) is 24.5. The molecule has 11 nitrogen and oxygen atoms in total. The Morgan fingerprint density at radius 1 is 0.558 bits per heavy atom. The van der Waals surface area contributed by atoms with Crippen molar-refractivity contribution in [2.75, 3.05) is 0 Å². The van der Waals surface area contributed by atoms with Crippen molar-refractivity contribution in [3.05, 3.63) is 115 Å². The van der Waals surface area contributed by atoms with Crippen LogP contribution in [-0.4, -0.2) is 15.0 Å². The predicted molar refractivity (Wildman–Crippen MR) is 152 cm³/mol. The van der Waals surface area contributed by atoms with Crippen LogP contribution in [0, 0.1) is 45.3 Å². The molecule has 4 aromatic rings. The Hall–Kier alpha value is -7.32. The molecular weight excluding hydrogens is 709 g/mol. The Kier molecular flexibility index (Phi) is 8.12. The van der Waals surface area contributed by atoms with Crippen LogP contribution < -0.4 is 21.4 Å². The van der Waals surface area contributed by atoms with Gasteiger partial charge in [0.15, 0.2) is 34.7 Å². The second-order valence-corrected chi connectivity index (χ2v) is 10.4. The van der Waals surface area contributed by atoms with Crippen molar-refractivity contribution in [3.63, 3.8) is 0 Å². The average Bonchev–Trinajstić information content (AvgIpc) is 3.71. The van der Waals surface area contributed by atoms with Crippen molar-refractivity contribution in [2.24, 2.45) is 20.0 Å². The summed E-state index contributed by atoms with van der Waals surface area (Å²) in [5.74, 6) is -2.45. The summed E-state index contributed by atoms with van der Waals surface area (Å²) in [6, 6.07) is 12.9. The van der Waals surface area contributed by atoms with Gasteiger partial charge in [-0.25, -0.2) is 34.9 Å². The minimum absolute atomic E-state index is 0.0631. The van der Waals surface area contributed by atoms with Gasteiger partial charge in [-0.2, -0.15) is 60.6 Å². The molecule has 0 aliphatic carbocycles. The third kappa shape index (κ3) is 6.16. The Balaban J connectivity index is 1.62. The number of allylic oxidation sites excluding steroid dienone is 2. The molecule has 0 atom stereocenters. The molecule has 0 spiro atoms. The van der Waals surface area contributed by atoms with E-state index in [0.29, 0.717) is 12.1 Å². The van der Waals surface area contributed by atoms with Crippen LogP contribution in [0.1, 0.15) is 28.1 Å². The number of hydrogen-bond donors (Lipinski definition) is 0. The van der Waals surface area contributed by atoms with E-state index in [-0.39, 0.29) is 51.2 Å². The van der Waals surface area contributed by atoms with Gasteiger partial charge in [-0.05, 0) is 36.4 Å². The second-order valence-electron chi connectivity index (χ2n) is 10.4. The van der Waals surface area contributed by atoms with Crippen LogP contribution in [-0.2, 0) is 18.5 Å². The fourth-order valence-corrected chi connectivity index (χ4v) is 4.90. The zero-order valence-corrected chi connectivity index (χ0v) is 24.9. The summed E-state index contributed by atoms with van der Waals surface area (Å²) >= 11 is 0. The van der Waals surface area contributed by atoms with E-state index in [1.165, 1.54) is 12.1 Å². The Morgan fingerprint density at radius 3 is 1.62 bits per heavy atom. The van der Waals surface area contributed by atoms with Crippen LogP contribution in [0.2, 0.25) is 0 Å². The van der Waals surface area contributed by atoms with Gasteiger partial charge in [0.1, 0.15) is 35.2 Å². The second kappa shape index (κ2) is 12.2. The summed E-state index contributed by atoms with van der Waals surface area (Å²) in [6.07, 6.45) is -15.6. The van der Waals surface area contributed by atoms with Crippen molar-refractivity contribution in [1.29, 1.82) is 21.0 Å². The number of nitriles is 4. The molecule has 0 bridgehead atoms. The summed E-state index contributed by atoms with van der Waals surface area (Å²) in [5.41, 5.74) is -6.81. The molecular formula is C32H8F9N11. The molecule has 2 aliphatic rings. The predicted octanol–water partition coefficient (Wildman–Crippen LogP) is 4.79. The third-order valence-corrected chi connectivity index (χ3v) is 7.24. The van der Waals surface area contributed by atoms with Crippen molar-refractivity contribution in [3.8, 4) is 47.1 Å². The fourth-order valence-electron chi connectivity index (χ4n) is 4.90. The van der Waals surface area contributed by atoms with Crippen LogP contribution in [0.25, 0.3) is 28.3 Å². The molecule has 0 radical (unpaired) electrons. The molecule has 3 aromatic carbocycles. The first kappa shape index (κ1) is 34.5. The third-order valence-electron chi connectivity index (χ3n) is 7.24. The van der Waals surface area contributed by atoms with Crippen LogP contribution in [0.4, 0.5) is 39.5 Å². The van der Waals surface area contributed by atoms with E-state index in [4.69, 9.17) is 0 Å². The Labute approximate surface area is 282 Å². The first-order valence-electron chi connectivity index (χ1n) is 13.9. The van der Waals surface area contributed by atoms with Crippen LogP contribution in [0.5, 0.6) is 0 Å². The molecule has 0 saturated carbocycles. The van der Waals surface area contributed by atoms with Crippen LogP contribution in [0.15, 0.2) is 85.7 Å². The molecule has 0 saturated heterocycles. The van der Waals surface area contributed by atoms with E-state index < -0.39 is 74.5 Å². The van der Waals surface area contributed by atoms with Crippen LogP contribution in [0.3, 0.4) is 0 Å². The zero-order valence-electron chi connectivity index (χ0n) is 24.9. The monoisotopic (exact) mass is 717 g/mol. The van der Waals surface area contributed by atoms with Gasteiger partial charge in [-0.15, -0.1) is 0 Å². The van der Waals surface area contributed by atoms with Gasteiger partial charge >= 0.3 is 18.5 Å². The highest BCUT2D eigenvalue weighted by molar-refractivity contribution is 5.78. The summed E-state index contributed by atoms with van der Waals surface area (Å²) in [5, 5.41) is 37.3. The van der Waals surface area contributed by atoms with Gasteiger partial charge in [0, 0.05) is 11.1 Å². The van der Waals surface area contributed by atoms with Gasteiger partial charge in [0.2, 0.25) is 0 Å². The molecule has 0 fully saturated rings. The maximum atomic E-state index is 13.6. The molecule has 20 heteroatoms. The molecule has 52 heavy (non-hydrogen) atoms. The summed E-state index contributed by atoms with van der Waals surface area (Å²) < 4.78 is 121. The van der Waals surface area contributed by atoms with E-state index in [0.717, 1.165) is 12.1 Å². The molecule has 6 rings (SSSR count). The molecule has 254 valence electrons. The summed E-state index contributed by atoms with van der Waals surface area (Å²) in [4.78, 5) is 28.4. The maximum absolute atomic E-state index is 13.6. The van der Waals surface area contributed by atoms with Gasteiger partial charge in [0.05, 0.1) is 38.3 Å². The van der Waals surface area contributed by atoms with Gasteiger partial charge in [-0.1, -0.05) is 12.1 Å². The number of halogens is 9. The lowest BCUT2D eigenvalue weighted by Crippen LogP contribution is -2.29. The largest absolute Gasteiger partial charge is 0.417 e. The normalized spacial score (nSPS) is 13.2. The number of hydrogen-bond acceptors (Lipinski definition) is 11. The summed E-state index contributed by atoms with van der Waals surface area (Å²) in [7, 11) is 0. The minimum atomic E-state index is -5.45. The van der Waals surface area contributed by atoms with Gasteiger partial charge in [-0.3, -0.25) is 0 Å². The number of rotatable bonds is 3. The lowest BCUT2D eigenvalue weighted by molar-refractivity contribution is -0.162. The number of fused-ring (bicyclic) bond motifs is 2. The molecule has 3 heterocycles. The topological polar surface area (TPSA) is 183 Å². The quantitative estimate of drug-likeness (QED) is 0.216. The lowest BCUT2D eigenvalue weighted by atomic mass is 10.1. The number of nitrogens with zero attached hydrogens (tertiary/aromatic N) is 11. The molecule has 2 aliphatic heterocycles. The van der Waals surface area contributed by atoms with Crippen molar-refractivity contribution in [1.82, 2.24) is 15.0 Å². The maximum Gasteiger partial charge on any atom is 0.417 e. The highest BCUT2D eigenvalue weighted by atomic mass is 19.4. The smallest absolute Gasteiger partial charge is 0.226 e. The van der Waals surface area contributed by atoms with Gasteiger partial charge < -0.3 is 0 Å². The van der Waals surface area contributed by atoms with Crippen molar-refractivity contribution < 1.29 is 39.5 Å². The minimum Gasteiger partial charge on any atom is -0.226 e. The van der Waals surface area contributed by atoms with E-state index >= 15 is 0 Å². The van der Waals surface area contributed by atoms with E-state index in [1.54, 1.807) is 18.2 Å². The van der Waals surface area contributed by atoms with E-state index in [9.17, 15) is 60.6 Å². The molecule has 0 unspecified atom stereocenters. The Morgan fingerprint density at radius 2 is 1.12 bits per heavy atom. The van der Waals surface area contributed by atoms with E-state index in [2.05, 4.69) is 34.9 Å².